The molecule has 0 spiro atoms. The van der Waals surface area contributed by atoms with Gasteiger partial charge in [-0.2, -0.15) is 0 Å². The Labute approximate surface area is 167 Å². The molecule has 2 aromatic rings. The number of nitrogens with one attached hydrogen (secondary N) is 3. The maximum Gasteiger partial charge on any atom is 0.267 e. The number of pyridine rings is 1. The van der Waals surface area contributed by atoms with Crippen molar-refractivity contribution >= 4 is 17.6 Å². The quantitative estimate of drug-likeness (QED) is 0.623. The average Bonchev–Trinajstić information content (AvgIpc) is 3.31. The first kappa shape index (κ1) is 18.1. The van der Waals surface area contributed by atoms with E-state index in [1.807, 2.05) is 4.57 Å². The van der Waals surface area contributed by atoms with Gasteiger partial charge in [0, 0.05) is 49.0 Å². The van der Waals surface area contributed by atoms with Crippen molar-refractivity contribution in [2.75, 3.05) is 11.9 Å². The number of hydrogen-bond acceptors (Lipinski definition) is 5. The Morgan fingerprint density at radius 1 is 1.21 bits per heavy atom. The molecule has 5 N–H and O–H groups in total. The number of anilines is 1. The second kappa shape index (κ2) is 6.84. The number of hydrogen-bond donors (Lipinski definition) is 4. The highest BCUT2D eigenvalue weighted by Crippen LogP contribution is 2.34. The van der Waals surface area contributed by atoms with Gasteiger partial charge in [0.2, 0.25) is 0 Å². The molecule has 4 heterocycles. The Kier molecular flexibility index (Phi) is 4.27. The van der Waals surface area contributed by atoms with Crippen LogP contribution in [0.1, 0.15) is 52.1 Å². The third-order valence-corrected chi connectivity index (χ3v) is 6.07. The molecule has 5 rings (SSSR count). The number of nitrogens with two attached hydrogens (primary N) is 1. The second-order valence-corrected chi connectivity index (χ2v) is 7.92. The molecular formula is C20H23FN6O2. The SMILES string of the molecule is N[C@H]1CCCC[C@H]1Nc1nc(-c2cc3n(c2)CCNC3=O)c2c(c1F)CNC2=O. The third-order valence-electron chi connectivity index (χ3n) is 6.07. The van der Waals surface area contributed by atoms with Crippen LogP contribution in [-0.2, 0) is 13.1 Å². The van der Waals surface area contributed by atoms with E-state index in [2.05, 4.69) is 20.9 Å². The van der Waals surface area contributed by atoms with Crippen LogP contribution >= 0.6 is 0 Å². The van der Waals surface area contributed by atoms with Gasteiger partial charge >= 0.3 is 0 Å². The molecule has 9 heteroatoms. The molecule has 29 heavy (non-hydrogen) atoms. The molecule has 0 aromatic carbocycles. The molecule has 0 saturated heterocycles. The number of carbonyl (C=O) groups excluding carboxylic acids is 2. The van der Waals surface area contributed by atoms with Gasteiger partial charge in [-0.15, -0.1) is 0 Å². The summed E-state index contributed by atoms with van der Waals surface area (Å²) in [6.07, 6.45) is 5.65. The lowest BCUT2D eigenvalue weighted by Gasteiger charge is -2.30. The minimum absolute atomic E-state index is 0.0604. The lowest BCUT2D eigenvalue weighted by molar-refractivity contribution is 0.0926. The fourth-order valence-corrected chi connectivity index (χ4v) is 4.49. The highest BCUT2D eigenvalue weighted by Gasteiger charge is 2.33. The van der Waals surface area contributed by atoms with Crippen LogP contribution in [-0.4, -0.2) is 40.0 Å². The molecule has 152 valence electrons. The van der Waals surface area contributed by atoms with Crippen LogP contribution in [0.4, 0.5) is 10.2 Å². The average molecular weight is 398 g/mol. The van der Waals surface area contributed by atoms with Crippen molar-refractivity contribution in [3.63, 3.8) is 0 Å². The number of halogens is 1. The van der Waals surface area contributed by atoms with Crippen molar-refractivity contribution in [2.45, 2.75) is 50.9 Å². The standard InChI is InChI=1S/C20H23FN6O2/c21-16-11-8-24-20(29)15(11)17(10-7-14-19(28)23-5-6-27(14)9-10)26-18(16)25-13-4-2-1-3-12(13)22/h7,9,12-13H,1-6,8,22H2,(H,23,28)(H,24,29)(H,25,26)/t12-,13+/m0/s1. The molecule has 1 fully saturated rings. The van der Waals surface area contributed by atoms with E-state index in [-0.39, 0.29) is 41.8 Å². The number of aromatic nitrogens is 2. The number of carbonyl (C=O) groups is 2. The van der Waals surface area contributed by atoms with Gasteiger partial charge in [-0.05, 0) is 18.9 Å². The summed E-state index contributed by atoms with van der Waals surface area (Å²) in [4.78, 5) is 29.1. The molecule has 2 aliphatic heterocycles. The Morgan fingerprint density at radius 2 is 2.03 bits per heavy atom. The van der Waals surface area contributed by atoms with Crippen molar-refractivity contribution in [1.29, 1.82) is 0 Å². The van der Waals surface area contributed by atoms with Crippen LogP contribution in [0.3, 0.4) is 0 Å². The van der Waals surface area contributed by atoms with Gasteiger partial charge in [0.25, 0.3) is 11.8 Å². The Hall–Kier alpha value is -2.94. The zero-order valence-corrected chi connectivity index (χ0v) is 15.9. The smallest absolute Gasteiger partial charge is 0.267 e. The summed E-state index contributed by atoms with van der Waals surface area (Å²) in [5.41, 5.74) is 8.28. The zero-order chi connectivity index (χ0) is 20.1. The monoisotopic (exact) mass is 398 g/mol. The molecule has 0 bridgehead atoms. The van der Waals surface area contributed by atoms with Gasteiger partial charge in [-0.3, -0.25) is 9.59 Å². The molecular weight excluding hydrogens is 375 g/mol. The topological polar surface area (TPSA) is 114 Å². The number of nitrogens with zero attached hydrogens (tertiary/aromatic N) is 2. The Morgan fingerprint density at radius 3 is 2.83 bits per heavy atom. The number of fused-ring (bicyclic) bond motifs is 2. The van der Waals surface area contributed by atoms with E-state index in [1.54, 1.807) is 12.3 Å². The molecule has 2 aromatic heterocycles. The molecule has 8 nitrogen and oxygen atoms in total. The molecule has 2 atom stereocenters. The first-order chi connectivity index (χ1) is 14.0. The van der Waals surface area contributed by atoms with Crippen LogP contribution in [0.25, 0.3) is 11.3 Å². The fourth-order valence-electron chi connectivity index (χ4n) is 4.49. The van der Waals surface area contributed by atoms with E-state index in [0.29, 0.717) is 35.6 Å². The summed E-state index contributed by atoms with van der Waals surface area (Å²) in [5, 5.41) is 8.67. The summed E-state index contributed by atoms with van der Waals surface area (Å²) in [5.74, 6) is -0.916. The van der Waals surface area contributed by atoms with Crippen molar-refractivity contribution in [3.05, 3.63) is 34.9 Å². The molecule has 1 saturated carbocycles. The minimum Gasteiger partial charge on any atom is -0.363 e. The van der Waals surface area contributed by atoms with Crippen LogP contribution in [0, 0.1) is 5.82 Å². The highest BCUT2D eigenvalue weighted by molar-refractivity contribution is 6.05. The predicted molar refractivity (Wildman–Crippen MR) is 105 cm³/mol. The number of rotatable bonds is 3. The van der Waals surface area contributed by atoms with Crippen molar-refractivity contribution in [1.82, 2.24) is 20.2 Å². The molecule has 3 aliphatic rings. The lowest BCUT2D eigenvalue weighted by atomic mass is 9.91. The summed E-state index contributed by atoms with van der Waals surface area (Å²) < 4.78 is 17.0. The number of amides is 2. The Balaban J connectivity index is 1.60. The highest BCUT2D eigenvalue weighted by atomic mass is 19.1. The van der Waals surface area contributed by atoms with E-state index in [4.69, 9.17) is 5.73 Å². The maximum absolute atomic E-state index is 15.2. The van der Waals surface area contributed by atoms with Gasteiger partial charge in [-0.25, -0.2) is 9.37 Å². The Bertz CT molecular complexity index is 1020. The van der Waals surface area contributed by atoms with Crippen molar-refractivity contribution < 1.29 is 14.0 Å². The first-order valence-electron chi connectivity index (χ1n) is 10.0. The van der Waals surface area contributed by atoms with Crippen LogP contribution < -0.4 is 21.7 Å². The second-order valence-electron chi connectivity index (χ2n) is 7.92. The van der Waals surface area contributed by atoms with Crippen molar-refractivity contribution in [3.8, 4) is 11.3 Å². The van der Waals surface area contributed by atoms with Gasteiger partial charge in [0.05, 0.1) is 11.3 Å². The van der Waals surface area contributed by atoms with Crippen LogP contribution in [0.2, 0.25) is 0 Å². The van der Waals surface area contributed by atoms with E-state index >= 15 is 4.39 Å². The van der Waals surface area contributed by atoms with E-state index in [1.165, 1.54) is 0 Å². The normalized spacial score (nSPS) is 23.2. The zero-order valence-electron chi connectivity index (χ0n) is 15.9. The van der Waals surface area contributed by atoms with Crippen LogP contribution in [0.15, 0.2) is 12.3 Å². The summed E-state index contributed by atoms with van der Waals surface area (Å²) in [7, 11) is 0. The minimum atomic E-state index is -0.512. The van der Waals surface area contributed by atoms with Gasteiger partial charge in [-0.1, -0.05) is 12.8 Å². The summed E-state index contributed by atoms with van der Waals surface area (Å²) in [6, 6.07) is 1.58. The van der Waals surface area contributed by atoms with Gasteiger partial charge in [0.15, 0.2) is 11.6 Å². The summed E-state index contributed by atoms with van der Waals surface area (Å²) in [6.45, 7) is 1.30. The summed E-state index contributed by atoms with van der Waals surface area (Å²) >= 11 is 0. The van der Waals surface area contributed by atoms with Gasteiger partial charge in [0.1, 0.15) is 5.69 Å². The molecule has 0 unspecified atom stereocenters. The fraction of sp³-hybridized carbons (Fsp3) is 0.450. The lowest BCUT2D eigenvalue weighted by Crippen LogP contribution is -2.43. The van der Waals surface area contributed by atoms with Crippen LogP contribution in [0.5, 0.6) is 0 Å². The molecule has 0 radical (unpaired) electrons. The molecule has 1 aliphatic carbocycles. The largest absolute Gasteiger partial charge is 0.363 e. The van der Waals surface area contributed by atoms with E-state index in [9.17, 15) is 9.59 Å². The molecule has 2 amide bonds. The predicted octanol–water partition coefficient (Wildman–Crippen LogP) is 1.36. The third kappa shape index (κ3) is 2.96. The van der Waals surface area contributed by atoms with Crippen molar-refractivity contribution in [2.24, 2.45) is 5.73 Å². The van der Waals surface area contributed by atoms with E-state index in [0.717, 1.165) is 25.7 Å². The van der Waals surface area contributed by atoms with E-state index < -0.39 is 5.82 Å². The van der Waals surface area contributed by atoms with Gasteiger partial charge < -0.3 is 26.3 Å². The first-order valence-corrected chi connectivity index (χ1v) is 10.0. The maximum atomic E-state index is 15.2.